The van der Waals surface area contributed by atoms with Crippen molar-refractivity contribution in [2.45, 2.75) is 13.5 Å². The first-order chi connectivity index (χ1) is 8.66. The molecule has 3 rings (SSSR count). The zero-order valence-electron chi connectivity index (χ0n) is 9.53. The molecule has 0 bridgehead atoms. The lowest BCUT2D eigenvalue weighted by atomic mass is 10.2. The van der Waals surface area contributed by atoms with Crippen molar-refractivity contribution in [1.82, 2.24) is 19.7 Å². The highest BCUT2D eigenvalue weighted by Crippen LogP contribution is 2.32. The van der Waals surface area contributed by atoms with E-state index in [4.69, 9.17) is 4.74 Å². The fraction of sp³-hybridized carbons (Fsp3) is 0.300. The lowest BCUT2D eigenvalue weighted by Crippen LogP contribution is -2.07. The van der Waals surface area contributed by atoms with E-state index in [0.717, 1.165) is 5.82 Å². The van der Waals surface area contributed by atoms with Gasteiger partial charge in [0, 0.05) is 6.07 Å². The molecule has 8 nitrogen and oxygen atoms in total. The molecule has 2 aromatic rings. The quantitative estimate of drug-likeness (QED) is 0.549. The maximum Gasteiger partial charge on any atom is 0.288 e. The summed E-state index contributed by atoms with van der Waals surface area (Å²) in [5, 5.41) is 18.8. The average molecular weight is 247 g/mol. The predicted molar refractivity (Wildman–Crippen MR) is 60.1 cm³/mol. The van der Waals surface area contributed by atoms with Crippen LogP contribution in [0.2, 0.25) is 0 Å². The number of rotatable bonds is 1. The monoisotopic (exact) mass is 247 g/mol. The van der Waals surface area contributed by atoms with E-state index in [0.29, 0.717) is 30.4 Å². The number of aromatic nitrogens is 4. The SMILES string of the molecule is Cc1nnc2n1CCOc1ncc([N+](=O)[O-])cc1-2. The lowest BCUT2D eigenvalue weighted by molar-refractivity contribution is -0.385. The first-order valence-corrected chi connectivity index (χ1v) is 5.34. The van der Waals surface area contributed by atoms with Crippen molar-refractivity contribution in [2.75, 3.05) is 6.61 Å². The van der Waals surface area contributed by atoms with Gasteiger partial charge in [-0.05, 0) is 6.92 Å². The van der Waals surface area contributed by atoms with E-state index < -0.39 is 4.92 Å². The van der Waals surface area contributed by atoms with Gasteiger partial charge in [0.05, 0.1) is 17.0 Å². The molecule has 92 valence electrons. The van der Waals surface area contributed by atoms with Crippen molar-refractivity contribution in [1.29, 1.82) is 0 Å². The normalized spacial score (nSPS) is 13.2. The minimum Gasteiger partial charge on any atom is -0.475 e. The van der Waals surface area contributed by atoms with Crippen LogP contribution in [0.4, 0.5) is 5.69 Å². The Kier molecular flexibility index (Phi) is 2.22. The number of hydrogen-bond acceptors (Lipinski definition) is 6. The van der Waals surface area contributed by atoms with Gasteiger partial charge in [0.15, 0.2) is 5.82 Å². The van der Waals surface area contributed by atoms with E-state index in [1.807, 2.05) is 11.5 Å². The molecule has 0 aliphatic carbocycles. The van der Waals surface area contributed by atoms with Crippen LogP contribution in [-0.4, -0.2) is 31.3 Å². The van der Waals surface area contributed by atoms with Gasteiger partial charge in [0.2, 0.25) is 5.88 Å². The van der Waals surface area contributed by atoms with Crippen LogP contribution in [0.15, 0.2) is 12.3 Å². The Labute approximate surface area is 101 Å². The molecule has 1 aliphatic heterocycles. The summed E-state index contributed by atoms with van der Waals surface area (Å²) in [5.41, 5.74) is 0.411. The molecule has 0 atom stereocenters. The Morgan fingerprint density at radius 1 is 1.50 bits per heavy atom. The van der Waals surface area contributed by atoms with E-state index in [1.165, 1.54) is 12.3 Å². The second kappa shape index (κ2) is 3.76. The van der Waals surface area contributed by atoms with Gasteiger partial charge >= 0.3 is 0 Å². The zero-order valence-corrected chi connectivity index (χ0v) is 9.53. The highest BCUT2D eigenvalue weighted by molar-refractivity contribution is 5.65. The molecular formula is C10H9N5O3. The van der Waals surface area contributed by atoms with Gasteiger partial charge in [-0.3, -0.25) is 10.1 Å². The van der Waals surface area contributed by atoms with Gasteiger partial charge in [0.25, 0.3) is 5.69 Å². The third-order valence-electron chi connectivity index (χ3n) is 2.78. The molecule has 0 fully saturated rings. The summed E-state index contributed by atoms with van der Waals surface area (Å²) in [7, 11) is 0. The van der Waals surface area contributed by atoms with Crippen LogP contribution in [0.3, 0.4) is 0 Å². The Morgan fingerprint density at radius 3 is 3.11 bits per heavy atom. The fourth-order valence-corrected chi connectivity index (χ4v) is 1.90. The van der Waals surface area contributed by atoms with Crippen LogP contribution in [0, 0.1) is 17.0 Å². The van der Waals surface area contributed by atoms with Crippen LogP contribution < -0.4 is 4.74 Å². The van der Waals surface area contributed by atoms with Crippen LogP contribution in [0.5, 0.6) is 5.88 Å². The van der Waals surface area contributed by atoms with E-state index in [1.54, 1.807) is 0 Å². The largest absolute Gasteiger partial charge is 0.475 e. The molecular weight excluding hydrogens is 238 g/mol. The van der Waals surface area contributed by atoms with Crippen molar-refractivity contribution in [2.24, 2.45) is 0 Å². The van der Waals surface area contributed by atoms with Crippen LogP contribution >= 0.6 is 0 Å². The molecule has 0 N–H and O–H groups in total. The Morgan fingerprint density at radius 2 is 2.33 bits per heavy atom. The number of fused-ring (bicyclic) bond motifs is 3. The molecule has 1 aliphatic rings. The number of nitro groups is 1. The molecule has 0 amide bonds. The topological polar surface area (TPSA) is 96.0 Å². The molecule has 0 radical (unpaired) electrons. The van der Waals surface area contributed by atoms with Crippen molar-refractivity contribution in [3.63, 3.8) is 0 Å². The molecule has 8 heteroatoms. The minimum atomic E-state index is -0.494. The Bertz CT molecular complexity index is 636. The molecule has 0 unspecified atom stereocenters. The first kappa shape index (κ1) is 10.6. The van der Waals surface area contributed by atoms with Gasteiger partial charge in [0.1, 0.15) is 18.6 Å². The number of hydrogen-bond donors (Lipinski definition) is 0. The smallest absolute Gasteiger partial charge is 0.288 e. The van der Waals surface area contributed by atoms with Crippen LogP contribution in [-0.2, 0) is 6.54 Å². The molecule has 0 spiro atoms. The third kappa shape index (κ3) is 1.50. The summed E-state index contributed by atoms with van der Waals surface area (Å²) < 4.78 is 7.32. The van der Waals surface area contributed by atoms with Crippen molar-refractivity contribution in [3.8, 4) is 17.3 Å². The molecule has 0 saturated carbocycles. The standard InChI is InChI=1S/C10H9N5O3/c1-6-12-13-9-8-4-7(15(16)17)5-11-10(8)18-3-2-14(6)9/h4-5H,2-3H2,1H3. The Hall–Kier alpha value is -2.51. The summed E-state index contributed by atoms with van der Waals surface area (Å²) in [5.74, 6) is 1.65. The number of ether oxygens (including phenoxy) is 1. The van der Waals surface area contributed by atoms with Gasteiger partial charge in [-0.25, -0.2) is 4.98 Å². The summed E-state index contributed by atoms with van der Waals surface area (Å²) in [6.45, 7) is 2.86. The molecule has 3 heterocycles. The van der Waals surface area contributed by atoms with Crippen LogP contribution in [0.25, 0.3) is 11.4 Å². The van der Waals surface area contributed by atoms with E-state index in [9.17, 15) is 10.1 Å². The predicted octanol–water partition coefficient (Wildman–Crippen LogP) is 0.949. The van der Waals surface area contributed by atoms with Crippen LogP contribution in [0.1, 0.15) is 5.82 Å². The highest BCUT2D eigenvalue weighted by Gasteiger charge is 2.23. The van der Waals surface area contributed by atoms with Gasteiger partial charge < -0.3 is 9.30 Å². The summed E-state index contributed by atoms with van der Waals surface area (Å²) >= 11 is 0. The molecule has 2 aromatic heterocycles. The van der Waals surface area contributed by atoms with E-state index in [-0.39, 0.29) is 5.69 Å². The zero-order chi connectivity index (χ0) is 12.7. The number of pyridine rings is 1. The van der Waals surface area contributed by atoms with E-state index >= 15 is 0 Å². The lowest BCUT2D eigenvalue weighted by Gasteiger charge is -2.03. The van der Waals surface area contributed by atoms with Crippen molar-refractivity contribution >= 4 is 5.69 Å². The Balaban J connectivity index is 2.24. The molecule has 0 aromatic carbocycles. The fourth-order valence-electron chi connectivity index (χ4n) is 1.90. The average Bonchev–Trinajstić information content (AvgIpc) is 2.62. The summed E-state index contributed by atoms with van der Waals surface area (Å²) in [4.78, 5) is 14.2. The van der Waals surface area contributed by atoms with Gasteiger partial charge in [-0.1, -0.05) is 0 Å². The third-order valence-corrected chi connectivity index (χ3v) is 2.78. The molecule has 0 saturated heterocycles. The maximum atomic E-state index is 10.8. The number of nitrogens with zero attached hydrogens (tertiary/aromatic N) is 5. The van der Waals surface area contributed by atoms with Crippen molar-refractivity contribution in [3.05, 3.63) is 28.2 Å². The number of aryl methyl sites for hydroxylation is 1. The van der Waals surface area contributed by atoms with Crippen molar-refractivity contribution < 1.29 is 9.66 Å². The maximum absolute atomic E-state index is 10.8. The summed E-state index contributed by atoms with van der Waals surface area (Å²) in [6, 6.07) is 1.41. The highest BCUT2D eigenvalue weighted by atomic mass is 16.6. The second-order valence-corrected chi connectivity index (χ2v) is 3.87. The van der Waals surface area contributed by atoms with Gasteiger partial charge in [-0.15, -0.1) is 10.2 Å². The minimum absolute atomic E-state index is 0.0912. The van der Waals surface area contributed by atoms with E-state index in [2.05, 4.69) is 15.2 Å². The second-order valence-electron chi connectivity index (χ2n) is 3.87. The molecule has 18 heavy (non-hydrogen) atoms. The first-order valence-electron chi connectivity index (χ1n) is 5.34. The van der Waals surface area contributed by atoms with Gasteiger partial charge in [-0.2, -0.15) is 0 Å². The summed E-state index contributed by atoms with van der Waals surface area (Å²) in [6.07, 6.45) is 1.18.